The number of hydrogen-bond acceptors (Lipinski definition) is 10. The molecule has 0 saturated carbocycles. The van der Waals surface area contributed by atoms with Crippen LogP contribution in [0.3, 0.4) is 0 Å². The highest BCUT2D eigenvalue weighted by atomic mass is 32.1. The molecule has 13 aromatic carbocycles. The molecule has 2 aliphatic carbocycles. The van der Waals surface area contributed by atoms with Gasteiger partial charge in [-0.1, -0.05) is 146 Å². The lowest BCUT2D eigenvalue weighted by Gasteiger charge is -2.34. The summed E-state index contributed by atoms with van der Waals surface area (Å²) in [6.07, 6.45) is 0. The average Bonchev–Trinajstić information content (AvgIpc) is 1.55. The number of benzene rings is 13. The predicted octanol–water partition coefficient (Wildman–Crippen LogP) is 21.3. The summed E-state index contributed by atoms with van der Waals surface area (Å²) in [6, 6.07) is 93.9. The van der Waals surface area contributed by atoms with Gasteiger partial charge in [-0.2, -0.15) is 5.26 Å². The summed E-state index contributed by atoms with van der Waals surface area (Å²) in [5.74, 6) is 5.44. The first kappa shape index (κ1) is 58.3. The molecule has 15 aromatic rings. The van der Waals surface area contributed by atoms with Crippen molar-refractivity contribution in [3.63, 3.8) is 0 Å². The number of rotatable bonds is 14. The van der Waals surface area contributed by atoms with Crippen LogP contribution < -0.4 is 28.4 Å². The summed E-state index contributed by atoms with van der Waals surface area (Å²) >= 11 is 1.72. The highest BCUT2D eigenvalue weighted by molar-refractivity contribution is 7.21. The summed E-state index contributed by atoms with van der Waals surface area (Å²) in [5.41, 5.74) is 17.6. The Hall–Kier alpha value is -12.5. The van der Waals surface area contributed by atoms with Crippen LogP contribution in [0.15, 0.2) is 267 Å². The van der Waals surface area contributed by atoms with E-state index in [4.69, 9.17) is 45.0 Å². The molecule has 10 nitrogen and oxygen atoms in total. The van der Waals surface area contributed by atoms with E-state index in [9.17, 15) is 5.26 Å². The molecule has 2 aliphatic rings. The van der Waals surface area contributed by atoms with E-state index in [1.807, 2.05) is 36.4 Å². The van der Waals surface area contributed by atoms with E-state index in [-0.39, 0.29) is 0 Å². The molecule has 2 aromatic heterocycles. The lowest BCUT2D eigenvalue weighted by Crippen LogP contribution is -2.28. The fourth-order valence-corrected chi connectivity index (χ4v) is 16.4. The molecule has 0 saturated heterocycles. The minimum atomic E-state index is -0.788. The van der Waals surface area contributed by atoms with Gasteiger partial charge in [0.25, 0.3) is 0 Å². The van der Waals surface area contributed by atoms with E-state index in [1.165, 1.54) is 0 Å². The van der Waals surface area contributed by atoms with Crippen molar-refractivity contribution >= 4 is 60.6 Å². The van der Waals surface area contributed by atoms with E-state index in [0.717, 1.165) is 143 Å². The van der Waals surface area contributed by atoms with E-state index in [1.54, 1.807) is 64.0 Å². The minimum absolute atomic E-state index is 0.522. The van der Waals surface area contributed by atoms with Crippen molar-refractivity contribution in [3.8, 4) is 95.2 Å². The molecule has 2 heterocycles. The van der Waals surface area contributed by atoms with Gasteiger partial charge < -0.3 is 28.4 Å². The van der Waals surface area contributed by atoms with Gasteiger partial charge in [0.05, 0.1) is 78.3 Å². The average molecular weight is 1270 g/mol. The minimum Gasteiger partial charge on any atom is -0.497 e. The summed E-state index contributed by atoms with van der Waals surface area (Å²) in [6.45, 7) is 7.62. The van der Waals surface area contributed by atoms with E-state index in [2.05, 4.69) is 217 Å². The van der Waals surface area contributed by atoms with Crippen molar-refractivity contribution in [1.29, 1.82) is 5.26 Å². The van der Waals surface area contributed by atoms with Gasteiger partial charge in [-0.3, -0.25) is 0 Å². The number of nitriles is 1. The van der Waals surface area contributed by atoms with Crippen LogP contribution in [0.2, 0.25) is 0 Å². The molecule has 0 aliphatic heterocycles. The Morgan fingerprint density at radius 1 is 0.351 bits per heavy atom. The topological polar surface area (TPSA) is 109 Å². The molecule has 0 bridgehead atoms. The molecule has 462 valence electrons. The van der Waals surface area contributed by atoms with Gasteiger partial charge in [-0.25, -0.2) is 14.8 Å². The standard InChI is InChI=1S/C86H56N4O6S/c1-88-56-30-42-62(43-31-56)96-64-45-47-66-65-46-44-63(95-61-32-20-51(50-87)21-33-61)48-71(65)79-80(72(66)49-64)90-82-81(89-79)83(69-14-10-18-75-77(69)67-12-6-8-16-73(67)85(75,52-22-34-57(91-2)35-23-52)53-24-36-58(92-3)37-25-53)97-84(82)70-15-11-19-76-78(70)68-13-7-9-17-74(68)86(76,54-26-38-59(93-4)39-27-54)55-28-40-60(94-5)41-29-55/h6-49H,2-5H3. The molecule has 0 spiro atoms. The second-order valence-corrected chi connectivity index (χ2v) is 25.2. The Labute approximate surface area is 563 Å². The Morgan fingerprint density at radius 3 is 1.06 bits per heavy atom. The van der Waals surface area contributed by atoms with Crippen molar-refractivity contribution in [3.05, 3.63) is 328 Å². The Kier molecular flexibility index (Phi) is 13.9. The first-order chi connectivity index (χ1) is 47.7. The van der Waals surface area contributed by atoms with Gasteiger partial charge in [0.15, 0.2) is 5.69 Å². The molecular formula is C86H56N4O6S. The fraction of sp³-hybridized carbons (Fsp3) is 0.0698. The van der Waals surface area contributed by atoms with Crippen molar-refractivity contribution < 1.29 is 28.4 Å². The van der Waals surface area contributed by atoms with E-state index < -0.39 is 10.8 Å². The monoisotopic (exact) mass is 1270 g/mol. The summed E-state index contributed by atoms with van der Waals surface area (Å²) in [7, 11) is 6.81. The molecule has 97 heavy (non-hydrogen) atoms. The van der Waals surface area contributed by atoms with Crippen LogP contribution in [0.25, 0.3) is 91.6 Å². The quantitative estimate of drug-likeness (QED) is 0.0776. The molecule has 0 unspecified atom stereocenters. The summed E-state index contributed by atoms with van der Waals surface area (Å²) in [5, 5.41) is 13.3. The van der Waals surface area contributed by atoms with Crippen molar-refractivity contribution in [2.24, 2.45) is 0 Å². The zero-order valence-electron chi connectivity index (χ0n) is 53.1. The molecular weight excluding hydrogens is 1220 g/mol. The van der Waals surface area contributed by atoms with Gasteiger partial charge in [-0.15, -0.1) is 11.3 Å². The molecule has 0 fully saturated rings. The van der Waals surface area contributed by atoms with Crippen LogP contribution in [0, 0.1) is 17.9 Å². The maximum absolute atomic E-state index is 9.69. The maximum atomic E-state index is 9.69. The zero-order valence-corrected chi connectivity index (χ0v) is 53.9. The van der Waals surface area contributed by atoms with Crippen LogP contribution in [0.1, 0.15) is 50.1 Å². The smallest absolute Gasteiger partial charge is 0.187 e. The SMILES string of the molecule is [C-]#[N+]c1ccc(Oc2ccc3c4ccc(Oc5ccc(C#N)cc5)cc4c4nc5c(-c6cccc7c6-c6ccccc6C7(c6ccc(OC)cc6)c6ccc(OC)cc6)sc(-c6cccc7c6-c6ccccc6C7(c6ccc(OC)cc6)c6ccc(OC)cc6)c5nc4c3c2)cc1. The lowest BCUT2D eigenvalue weighted by atomic mass is 9.67. The van der Waals surface area contributed by atoms with Crippen molar-refractivity contribution in [1.82, 2.24) is 9.97 Å². The summed E-state index contributed by atoms with van der Waals surface area (Å²) < 4.78 is 36.5. The lowest BCUT2D eigenvalue weighted by molar-refractivity contribution is 0.414. The number of nitrogens with zero attached hydrogens (tertiary/aromatic N) is 4. The van der Waals surface area contributed by atoms with Gasteiger partial charge in [0, 0.05) is 21.9 Å². The third-order valence-electron chi connectivity index (χ3n) is 19.5. The number of hydrogen-bond donors (Lipinski definition) is 0. The van der Waals surface area contributed by atoms with E-state index in [0.29, 0.717) is 45.3 Å². The fourth-order valence-electron chi connectivity index (χ4n) is 15.2. The van der Waals surface area contributed by atoms with Crippen LogP contribution in [0.5, 0.6) is 46.0 Å². The number of methoxy groups -OCH3 is 4. The van der Waals surface area contributed by atoms with Crippen LogP contribution in [-0.2, 0) is 10.8 Å². The van der Waals surface area contributed by atoms with Gasteiger partial charge >= 0.3 is 0 Å². The van der Waals surface area contributed by atoms with Gasteiger partial charge in [-0.05, 0) is 199 Å². The molecule has 0 atom stereocenters. The second-order valence-electron chi connectivity index (χ2n) is 24.2. The van der Waals surface area contributed by atoms with Crippen molar-refractivity contribution in [2.75, 3.05) is 28.4 Å². The Bertz CT molecular complexity index is 5310. The highest BCUT2D eigenvalue weighted by Gasteiger charge is 2.49. The number of fused-ring (bicyclic) bond motifs is 13. The molecule has 17 rings (SSSR count). The largest absolute Gasteiger partial charge is 0.497 e. The molecule has 11 heteroatoms. The summed E-state index contributed by atoms with van der Waals surface area (Å²) in [4.78, 5) is 17.7. The van der Waals surface area contributed by atoms with Gasteiger partial charge in [0.2, 0.25) is 0 Å². The van der Waals surface area contributed by atoms with Gasteiger partial charge in [0.1, 0.15) is 57.0 Å². The Morgan fingerprint density at radius 2 is 0.691 bits per heavy atom. The maximum Gasteiger partial charge on any atom is 0.187 e. The van der Waals surface area contributed by atoms with E-state index >= 15 is 0 Å². The Balaban J connectivity index is 0.993. The zero-order chi connectivity index (χ0) is 65.5. The molecule has 0 amide bonds. The number of aromatic nitrogens is 2. The second kappa shape index (κ2) is 23.2. The molecule has 0 radical (unpaired) electrons. The number of thiophene rings is 1. The first-order valence-corrected chi connectivity index (χ1v) is 32.6. The molecule has 0 N–H and O–H groups in total. The normalized spacial score (nSPS) is 12.9. The first-order valence-electron chi connectivity index (χ1n) is 31.8. The third-order valence-corrected chi connectivity index (χ3v) is 20.7. The third kappa shape index (κ3) is 9.04. The predicted molar refractivity (Wildman–Crippen MR) is 386 cm³/mol. The highest BCUT2D eigenvalue weighted by Crippen LogP contribution is 2.63. The number of ether oxygens (including phenoxy) is 6. The van der Waals surface area contributed by atoms with Crippen LogP contribution in [-0.4, -0.2) is 38.4 Å². The van der Waals surface area contributed by atoms with Crippen LogP contribution >= 0.6 is 11.3 Å². The van der Waals surface area contributed by atoms with Crippen molar-refractivity contribution in [2.45, 2.75) is 10.8 Å². The van der Waals surface area contributed by atoms with Crippen LogP contribution in [0.4, 0.5) is 5.69 Å².